The normalized spacial score (nSPS) is 15.7. The standard InChI is InChI=1S/C24H40N2O3/c1-3-4-5-6-7-8-12-18-28-23-15-13-14-22(19-23)25-24(27)29-21(2)20-26-16-10-9-11-17-26/h13-15,19,21H,3-12,16-18,20H2,1-2H3,(H,25,27)/t21-/m1/s1. The molecule has 1 atom stereocenters. The van der Waals surface area contributed by atoms with Crippen molar-refractivity contribution in [2.75, 3.05) is 31.6 Å². The van der Waals surface area contributed by atoms with Crippen LogP contribution in [0.5, 0.6) is 5.75 Å². The molecule has 1 N–H and O–H groups in total. The van der Waals surface area contributed by atoms with Crippen LogP contribution in [-0.2, 0) is 4.74 Å². The van der Waals surface area contributed by atoms with Crippen LogP contribution in [0.25, 0.3) is 0 Å². The third kappa shape index (κ3) is 10.6. The lowest BCUT2D eigenvalue weighted by molar-refractivity contribution is 0.0833. The average molecular weight is 405 g/mol. The third-order valence-corrected chi connectivity index (χ3v) is 5.37. The first-order valence-corrected chi connectivity index (χ1v) is 11.6. The van der Waals surface area contributed by atoms with E-state index in [1.54, 1.807) is 0 Å². The number of amides is 1. The zero-order valence-corrected chi connectivity index (χ0v) is 18.5. The first-order chi connectivity index (χ1) is 14.2. The Balaban J connectivity index is 1.63. The van der Waals surface area contributed by atoms with Crippen molar-refractivity contribution in [3.8, 4) is 5.75 Å². The molecule has 1 heterocycles. The van der Waals surface area contributed by atoms with Gasteiger partial charge in [0.2, 0.25) is 0 Å². The Bertz CT molecular complexity index is 573. The van der Waals surface area contributed by atoms with Gasteiger partial charge in [-0.05, 0) is 51.4 Å². The minimum atomic E-state index is -0.404. The van der Waals surface area contributed by atoms with Gasteiger partial charge in [-0.25, -0.2) is 4.79 Å². The minimum Gasteiger partial charge on any atom is -0.494 e. The molecular formula is C24H40N2O3. The number of nitrogens with zero attached hydrogens (tertiary/aromatic N) is 1. The molecule has 1 aliphatic rings. The van der Waals surface area contributed by atoms with Crippen LogP contribution in [0, 0.1) is 0 Å². The van der Waals surface area contributed by atoms with E-state index in [0.29, 0.717) is 12.3 Å². The molecule has 1 amide bonds. The maximum Gasteiger partial charge on any atom is 0.411 e. The van der Waals surface area contributed by atoms with Crippen molar-refractivity contribution in [1.82, 2.24) is 4.90 Å². The Hall–Kier alpha value is -1.75. The second-order valence-corrected chi connectivity index (χ2v) is 8.20. The molecule has 0 unspecified atom stereocenters. The maximum atomic E-state index is 12.2. The number of ether oxygens (including phenoxy) is 2. The Morgan fingerprint density at radius 1 is 1.07 bits per heavy atom. The Labute approximate surface area is 177 Å². The number of unbranched alkanes of at least 4 members (excludes halogenated alkanes) is 6. The summed E-state index contributed by atoms with van der Waals surface area (Å²) >= 11 is 0. The van der Waals surface area contributed by atoms with E-state index in [9.17, 15) is 4.79 Å². The largest absolute Gasteiger partial charge is 0.494 e. The molecular weight excluding hydrogens is 364 g/mol. The van der Waals surface area contributed by atoms with Crippen molar-refractivity contribution in [2.24, 2.45) is 0 Å². The van der Waals surface area contributed by atoms with Gasteiger partial charge < -0.3 is 9.47 Å². The van der Waals surface area contributed by atoms with Crippen LogP contribution in [0.3, 0.4) is 0 Å². The van der Waals surface area contributed by atoms with Gasteiger partial charge in [-0.15, -0.1) is 0 Å². The fourth-order valence-electron chi connectivity index (χ4n) is 3.79. The summed E-state index contributed by atoms with van der Waals surface area (Å²) in [6.45, 7) is 7.92. The molecule has 2 rings (SSSR count). The number of anilines is 1. The van der Waals surface area contributed by atoms with Gasteiger partial charge in [0.25, 0.3) is 0 Å². The first-order valence-electron chi connectivity index (χ1n) is 11.6. The van der Waals surface area contributed by atoms with Crippen molar-refractivity contribution in [3.63, 3.8) is 0 Å². The summed E-state index contributed by atoms with van der Waals surface area (Å²) in [7, 11) is 0. The molecule has 0 bridgehead atoms. The smallest absolute Gasteiger partial charge is 0.411 e. The van der Waals surface area contributed by atoms with Crippen LogP contribution in [0.15, 0.2) is 24.3 Å². The quantitative estimate of drug-likeness (QED) is 0.395. The van der Waals surface area contributed by atoms with E-state index in [1.165, 1.54) is 57.8 Å². The molecule has 5 nitrogen and oxygen atoms in total. The Kier molecular flexibility index (Phi) is 11.6. The summed E-state index contributed by atoms with van der Waals surface area (Å²) in [4.78, 5) is 14.6. The summed E-state index contributed by atoms with van der Waals surface area (Å²) < 4.78 is 11.4. The fraction of sp³-hybridized carbons (Fsp3) is 0.708. The lowest BCUT2D eigenvalue weighted by Crippen LogP contribution is -2.37. The highest BCUT2D eigenvalue weighted by atomic mass is 16.6. The lowest BCUT2D eigenvalue weighted by Gasteiger charge is -2.28. The number of nitrogens with one attached hydrogen (secondary N) is 1. The molecule has 1 saturated heterocycles. The predicted molar refractivity (Wildman–Crippen MR) is 120 cm³/mol. The fourth-order valence-corrected chi connectivity index (χ4v) is 3.79. The Morgan fingerprint density at radius 2 is 1.79 bits per heavy atom. The van der Waals surface area contributed by atoms with Crippen LogP contribution < -0.4 is 10.1 Å². The molecule has 29 heavy (non-hydrogen) atoms. The molecule has 0 saturated carbocycles. The van der Waals surface area contributed by atoms with Gasteiger partial charge in [-0.1, -0.05) is 57.9 Å². The zero-order valence-electron chi connectivity index (χ0n) is 18.5. The molecule has 0 aliphatic carbocycles. The number of carbonyl (C=O) groups is 1. The summed E-state index contributed by atoms with van der Waals surface area (Å²) in [5.74, 6) is 0.787. The van der Waals surface area contributed by atoms with E-state index in [-0.39, 0.29) is 6.10 Å². The van der Waals surface area contributed by atoms with E-state index in [0.717, 1.165) is 31.8 Å². The average Bonchev–Trinajstić information content (AvgIpc) is 2.71. The predicted octanol–water partition coefficient (Wildman–Crippen LogP) is 6.24. The monoisotopic (exact) mass is 404 g/mol. The van der Waals surface area contributed by atoms with E-state index < -0.39 is 6.09 Å². The summed E-state index contributed by atoms with van der Waals surface area (Å²) in [5, 5.41) is 2.82. The zero-order chi connectivity index (χ0) is 20.7. The van der Waals surface area contributed by atoms with Crippen molar-refractivity contribution >= 4 is 11.8 Å². The van der Waals surface area contributed by atoms with Gasteiger partial charge >= 0.3 is 6.09 Å². The van der Waals surface area contributed by atoms with Gasteiger partial charge in [0, 0.05) is 18.3 Å². The van der Waals surface area contributed by atoms with E-state index in [1.807, 2.05) is 31.2 Å². The topological polar surface area (TPSA) is 50.8 Å². The molecule has 0 aromatic heterocycles. The van der Waals surface area contributed by atoms with Gasteiger partial charge in [0.15, 0.2) is 0 Å². The minimum absolute atomic E-state index is 0.121. The molecule has 0 spiro atoms. The number of benzene rings is 1. The first kappa shape index (κ1) is 23.5. The number of rotatable bonds is 13. The highest BCUT2D eigenvalue weighted by molar-refractivity contribution is 5.84. The molecule has 1 fully saturated rings. The molecule has 164 valence electrons. The van der Waals surface area contributed by atoms with Crippen molar-refractivity contribution in [1.29, 1.82) is 0 Å². The second-order valence-electron chi connectivity index (χ2n) is 8.20. The molecule has 1 aliphatic heterocycles. The lowest BCUT2D eigenvalue weighted by atomic mass is 10.1. The van der Waals surface area contributed by atoms with Gasteiger partial charge in [-0.2, -0.15) is 0 Å². The summed E-state index contributed by atoms with van der Waals surface area (Å²) in [6.07, 6.45) is 12.1. The number of hydrogen-bond acceptors (Lipinski definition) is 4. The Morgan fingerprint density at radius 3 is 2.55 bits per heavy atom. The second kappa shape index (κ2) is 14.3. The molecule has 5 heteroatoms. The van der Waals surface area contributed by atoms with Crippen molar-refractivity contribution in [3.05, 3.63) is 24.3 Å². The maximum absolute atomic E-state index is 12.2. The van der Waals surface area contributed by atoms with E-state index in [4.69, 9.17) is 9.47 Å². The van der Waals surface area contributed by atoms with E-state index >= 15 is 0 Å². The molecule has 1 aromatic rings. The van der Waals surface area contributed by atoms with Crippen LogP contribution in [0.1, 0.15) is 78.1 Å². The van der Waals surface area contributed by atoms with Gasteiger partial charge in [0.05, 0.1) is 6.61 Å². The number of likely N-dealkylation sites (tertiary alicyclic amines) is 1. The summed E-state index contributed by atoms with van der Waals surface area (Å²) in [5.41, 5.74) is 0.706. The van der Waals surface area contributed by atoms with Crippen LogP contribution >= 0.6 is 0 Å². The van der Waals surface area contributed by atoms with Crippen LogP contribution in [0.4, 0.5) is 10.5 Å². The van der Waals surface area contributed by atoms with Gasteiger partial charge in [0.1, 0.15) is 11.9 Å². The highest BCUT2D eigenvalue weighted by Gasteiger charge is 2.16. The van der Waals surface area contributed by atoms with Gasteiger partial charge in [-0.3, -0.25) is 10.2 Å². The van der Waals surface area contributed by atoms with E-state index in [2.05, 4.69) is 17.1 Å². The molecule has 1 aromatic carbocycles. The van der Waals surface area contributed by atoms with Crippen molar-refractivity contribution in [2.45, 2.75) is 84.2 Å². The van der Waals surface area contributed by atoms with Crippen LogP contribution in [0.2, 0.25) is 0 Å². The molecule has 0 radical (unpaired) electrons. The van der Waals surface area contributed by atoms with Crippen molar-refractivity contribution < 1.29 is 14.3 Å². The SMILES string of the molecule is CCCCCCCCCOc1cccc(NC(=O)O[C@H](C)CN2CCCCC2)c1. The number of hydrogen-bond donors (Lipinski definition) is 1. The summed E-state index contributed by atoms with van der Waals surface area (Å²) in [6, 6.07) is 7.54. The highest BCUT2D eigenvalue weighted by Crippen LogP contribution is 2.18. The third-order valence-electron chi connectivity index (χ3n) is 5.37. The number of piperidine rings is 1. The van der Waals surface area contributed by atoms with Crippen LogP contribution in [-0.4, -0.2) is 43.3 Å². The number of carbonyl (C=O) groups excluding carboxylic acids is 1.